The molecule has 0 radical (unpaired) electrons. The van der Waals surface area contributed by atoms with Crippen molar-refractivity contribution in [2.45, 2.75) is 25.3 Å². The molecule has 2 atom stereocenters. The number of likely N-dealkylation sites (N-methyl/N-ethyl adjacent to an activating group) is 1. The number of nitriles is 1. The molecule has 12 heavy (non-hydrogen) atoms. The highest BCUT2D eigenvalue weighted by molar-refractivity contribution is 4.96. The van der Waals surface area contributed by atoms with Crippen molar-refractivity contribution in [3.63, 3.8) is 0 Å². The molecule has 0 aromatic carbocycles. The second-order valence-electron chi connectivity index (χ2n) is 3.44. The molecule has 1 aliphatic rings. The molecule has 1 rings (SSSR count). The maximum absolute atomic E-state index is 8.81. The van der Waals surface area contributed by atoms with Gasteiger partial charge in [0.2, 0.25) is 0 Å². The first-order valence-electron chi connectivity index (χ1n) is 4.50. The molecule has 0 saturated heterocycles. The van der Waals surface area contributed by atoms with Crippen LogP contribution in [0, 0.1) is 17.2 Å². The lowest BCUT2D eigenvalue weighted by Crippen LogP contribution is -2.36. The van der Waals surface area contributed by atoms with Crippen molar-refractivity contribution in [1.82, 2.24) is 4.90 Å². The molecule has 1 aliphatic carbocycles. The Morgan fingerprint density at radius 2 is 2.33 bits per heavy atom. The monoisotopic (exact) mass is 168 g/mol. The Morgan fingerprint density at radius 3 is 2.92 bits per heavy atom. The van der Waals surface area contributed by atoms with E-state index in [-0.39, 0.29) is 12.5 Å². The molecule has 0 bridgehead atoms. The minimum Gasteiger partial charge on any atom is -0.395 e. The van der Waals surface area contributed by atoms with Gasteiger partial charge in [-0.25, -0.2) is 0 Å². The molecule has 0 aromatic rings. The van der Waals surface area contributed by atoms with Crippen LogP contribution < -0.4 is 0 Å². The summed E-state index contributed by atoms with van der Waals surface area (Å²) in [4.78, 5) is 2.10. The minimum absolute atomic E-state index is 0.182. The predicted molar refractivity (Wildman–Crippen MR) is 46.5 cm³/mol. The van der Waals surface area contributed by atoms with Crippen molar-refractivity contribution in [2.24, 2.45) is 5.92 Å². The Balaban J connectivity index is 2.44. The van der Waals surface area contributed by atoms with E-state index in [1.54, 1.807) is 0 Å². The maximum atomic E-state index is 8.81. The molecule has 0 aromatic heterocycles. The number of aliphatic hydroxyl groups is 1. The molecule has 3 nitrogen and oxygen atoms in total. The van der Waals surface area contributed by atoms with E-state index in [0.717, 1.165) is 19.3 Å². The van der Waals surface area contributed by atoms with Crippen LogP contribution in [0.1, 0.15) is 19.3 Å². The summed E-state index contributed by atoms with van der Waals surface area (Å²) in [5.41, 5.74) is 0. The molecule has 3 heteroatoms. The third kappa shape index (κ3) is 1.96. The van der Waals surface area contributed by atoms with Crippen LogP contribution >= 0.6 is 0 Å². The van der Waals surface area contributed by atoms with Gasteiger partial charge in [0.1, 0.15) is 0 Å². The highest BCUT2D eigenvalue weighted by atomic mass is 16.3. The first-order valence-corrected chi connectivity index (χ1v) is 4.50. The molecule has 1 saturated carbocycles. The van der Waals surface area contributed by atoms with Crippen molar-refractivity contribution in [3.8, 4) is 6.07 Å². The first-order chi connectivity index (χ1) is 5.79. The smallest absolute Gasteiger partial charge is 0.0672 e. The second-order valence-corrected chi connectivity index (χ2v) is 3.44. The molecular formula is C9H16N2O. The average Bonchev–Trinajstić information content (AvgIpc) is 2.51. The molecule has 68 valence electrons. The molecule has 1 fully saturated rings. The SMILES string of the molecule is CN(CCO)C1CCCC1C#N. The van der Waals surface area contributed by atoms with E-state index in [2.05, 4.69) is 11.0 Å². The largest absolute Gasteiger partial charge is 0.395 e. The molecule has 0 aliphatic heterocycles. The zero-order valence-corrected chi connectivity index (χ0v) is 7.53. The maximum Gasteiger partial charge on any atom is 0.0672 e. The van der Waals surface area contributed by atoms with Gasteiger partial charge < -0.3 is 5.11 Å². The normalized spacial score (nSPS) is 29.2. The lowest BCUT2D eigenvalue weighted by molar-refractivity contribution is 0.168. The molecule has 0 spiro atoms. The van der Waals surface area contributed by atoms with E-state index in [9.17, 15) is 0 Å². The number of aliphatic hydroxyl groups excluding tert-OH is 1. The summed E-state index contributed by atoms with van der Waals surface area (Å²) in [5.74, 6) is 0.182. The fraction of sp³-hybridized carbons (Fsp3) is 0.889. The van der Waals surface area contributed by atoms with Crippen molar-refractivity contribution in [3.05, 3.63) is 0 Å². The van der Waals surface area contributed by atoms with E-state index < -0.39 is 0 Å². The summed E-state index contributed by atoms with van der Waals surface area (Å²) in [6.45, 7) is 0.869. The Bertz CT molecular complexity index is 176. The number of hydrogen-bond acceptors (Lipinski definition) is 3. The molecule has 2 unspecified atom stereocenters. The Kier molecular flexibility index (Phi) is 3.51. The lowest BCUT2D eigenvalue weighted by Gasteiger charge is -2.25. The van der Waals surface area contributed by atoms with E-state index in [0.29, 0.717) is 12.6 Å². The van der Waals surface area contributed by atoms with Gasteiger partial charge in [0.05, 0.1) is 18.6 Å². The Morgan fingerprint density at radius 1 is 1.58 bits per heavy atom. The van der Waals surface area contributed by atoms with Crippen LogP contribution in [-0.4, -0.2) is 36.2 Å². The molecule has 0 heterocycles. The third-order valence-corrected chi connectivity index (χ3v) is 2.66. The summed E-state index contributed by atoms with van der Waals surface area (Å²) in [6.07, 6.45) is 3.28. The van der Waals surface area contributed by atoms with Crippen molar-refractivity contribution >= 4 is 0 Å². The van der Waals surface area contributed by atoms with E-state index >= 15 is 0 Å². The van der Waals surface area contributed by atoms with Crippen molar-refractivity contribution < 1.29 is 5.11 Å². The second kappa shape index (κ2) is 4.44. The van der Waals surface area contributed by atoms with E-state index in [1.807, 2.05) is 7.05 Å². The van der Waals surface area contributed by atoms with Crippen LogP contribution in [0.4, 0.5) is 0 Å². The van der Waals surface area contributed by atoms with Crippen molar-refractivity contribution in [1.29, 1.82) is 5.26 Å². The zero-order chi connectivity index (χ0) is 8.97. The lowest BCUT2D eigenvalue weighted by atomic mass is 10.0. The van der Waals surface area contributed by atoms with E-state index in [1.165, 1.54) is 0 Å². The molecule has 1 N–H and O–H groups in total. The zero-order valence-electron chi connectivity index (χ0n) is 7.53. The fourth-order valence-electron chi connectivity index (χ4n) is 1.94. The van der Waals surface area contributed by atoms with Crippen LogP contribution in [0.3, 0.4) is 0 Å². The Labute approximate surface area is 73.6 Å². The van der Waals surface area contributed by atoms with Crippen LogP contribution in [0.5, 0.6) is 0 Å². The standard InChI is InChI=1S/C9H16N2O/c1-11(5-6-12)9-4-2-3-8(9)7-10/h8-9,12H,2-6H2,1H3. The van der Waals surface area contributed by atoms with Gasteiger partial charge in [-0.05, 0) is 19.9 Å². The van der Waals surface area contributed by atoms with Gasteiger partial charge >= 0.3 is 0 Å². The predicted octanol–water partition coefficient (Wildman–Crippen LogP) is 0.603. The number of hydrogen-bond donors (Lipinski definition) is 1. The number of rotatable bonds is 3. The van der Waals surface area contributed by atoms with Crippen LogP contribution in [-0.2, 0) is 0 Å². The fourth-order valence-corrected chi connectivity index (χ4v) is 1.94. The van der Waals surface area contributed by atoms with Crippen LogP contribution in [0.2, 0.25) is 0 Å². The van der Waals surface area contributed by atoms with Gasteiger partial charge in [0.15, 0.2) is 0 Å². The quantitative estimate of drug-likeness (QED) is 0.671. The van der Waals surface area contributed by atoms with Gasteiger partial charge in [0.25, 0.3) is 0 Å². The molecular weight excluding hydrogens is 152 g/mol. The van der Waals surface area contributed by atoms with Gasteiger partial charge in [-0.15, -0.1) is 0 Å². The van der Waals surface area contributed by atoms with E-state index in [4.69, 9.17) is 10.4 Å². The highest BCUT2D eigenvalue weighted by Crippen LogP contribution is 2.28. The summed E-state index contributed by atoms with van der Waals surface area (Å²) >= 11 is 0. The van der Waals surface area contributed by atoms with Gasteiger partial charge in [-0.3, -0.25) is 4.90 Å². The average molecular weight is 168 g/mol. The summed E-state index contributed by atoms with van der Waals surface area (Å²) in [7, 11) is 1.98. The van der Waals surface area contributed by atoms with Crippen LogP contribution in [0.15, 0.2) is 0 Å². The summed E-state index contributed by atoms with van der Waals surface area (Å²) in [6, 6.07) is 2.71. The minimum atomic E-state index is 0.182. The van der Waals surface area contributed by atoms with Gasteiger partial charge in [0, 0.05) is 12.6 Å². The van der Waals surface area contributed by atoms with Crippen molar-refractivity contribution in [2.75, 3.05) is 20.2 Å². The van der Waals surface area contributed by atoms with Gasteiger partial charge in [-0.2, -0.15) is 5.26 Å². The summed E-state index contributed by atoms with van der Waals surface area (Å²) in [5, 5.41) is 17.5. The Hall–Kier alpha value is -0.590. The first kappa shape index (κ1) is 9.50. The molecule has 0 amide bonds. The third-order valence-electron chi connectivity index (χ3n) is 2.66. The highest BCUT2D eigenvalue weighted by Gasteiger charge is 2.29. The topological polar surface area (TPSA) is 47.3 Å². The number of nitrogens with zero attached hydrogens (tertiary/aromatic N) is 2. The summed E-state index contributed by atoms with van der Waals surface area (Å²) < 4.78 is 0. The van der Waals surface area contributed by atoms with Gasteiger partial charge in [-0.1, -0.05) is 6.42 Å². The van der Waals surface area contributed by atoms with Crippen LogP contribution in [0.25, 0.3) is 0 Å².